The van der Waals surface area contributed by atoms with Gasteiger partial charge < -0.3 is 5.32 Å². The molecule has 4 heterocycles. The summed E-state index contributed by atoms with van der Waals surface area (Å²) in [6, 6.07) is 11.5. The van der Waals surface area contributed by atoms with Gasteiger partial charge in [0.15, 0.2) is 0 Å². The average molecular weight is 399 g/mol. The number of fused-ring (bicyclic) bond motifs is 3. The summed E-state index contributed by atoms with van der Waals surface area (Å²) in [6.07, 6.45) is 6.53. The van der Waals surface area contributed by atoms with Crippen molar-refractivity contribution in [3.63, 3.8) is 0 Å². The van der Waals surface area contributed by atoms with Gasteiger partial charge in [0.1, 0.15) is 11.2 Å². The monoisotopic (exact) mass is 399 g/mol. The molecule has 150 valence electrons. The standard InChI is InChI=1S/C22H21N7O/c1-15-21-18(17-7-6-16(13-20(17)26-15)29-11-4-9-25-29)14-28(27-21)12-10-24-22(30)19-5-2-3-8-23-19/h2-3,5-9,13-14H,4,10-12H2,1H3,(H,24,30). The third kappa shape index (κ3) is 3.36. The number of pyridine rings is 2. The molecule has 1 aliphatic heterocycles. The van der Waals surface area contributed by atoms with Crippen LogP contribution in [0.3, 0.4) is 0 Å². The Morgan fingerprint density at radius 3 is 2.93 bits per heavy atom. The number of aryl methyl sites for hydroxylation is 1. The van der Waals surface area contributed by atoms with Crippen molar-refractivity contribution in [2.24, 2.45) is 5.10 Å². The lowest BCUT2D eigenvalue weighted by Gasteiger charge is -2.14. The summed E-state index contributed by atoms with van der Waals surface area (Å²) in [5.74, 6) is -0.187. The highest BCUT2D eigenvalue weighted by atomic mass is 16.1. The number of hydrazone groups is 1. The Labute approximate surface area is 173 Å². The van der Waals surface area contributed by atoms with Crippen LogP contribution in [0.25, 0.3) is 21.8 Å². The van der Waals surface area contributed by atoms with Crippen LogP contribution in [-0.2, 0) is 6.54 Å². The van der Waals surface area contributed by atoms with E-state index in [0.717, 1.165) is 46.2 Å². The van der Waals surface area contributed by atoms with Gasteiger partial charge in [-0.2, -0.15) is 10.2 Å². The van der Waals surface area contributed by atoms with Crippen LogP contribution in [0, 0.1) is 6.92 Å². The molecule has 5 rings (SSSR count). The van der Waals surface area contributed by atoms with E-state index >= 15 is 0 Å². The Morgan fingerprint density at radius 1 is 1.20 bits per heavy atom. The van der Waals surface area contributed by atoms with Crippen molar-refractivity contribution in [2.45, 2.75) is 19.9 Å². The van der Waals surface area contributed by atoms with Gasteiger partial charge in [-0.25, -0.2) is 0 Å². The maximum absolute atomic E-state index is 12.1. The zero-order chi connectivity index (χ0) is 20.5. The number of carbonyl (C=O) groups is 1. The number of carbonyl (C=O) groups excluding carboxylic acids is 1. The molecule has 30 heavy (non-hydrogen) atoms. The van der Waals surface area contributed by atoms with E-state index in [0.29, 0.717) is 18.8 Å². The highest BCUT2D eigenvalue weighted by Gasteiger charge is 2.14. The maximum atomic E-state index is 12.1. The summed E-state index contributed by atoms with van der Waals surface area (Å²) in [6.45, 7) is 3.90. The second kappa shape index (κ2) is 7.55. The molecule has 1 aromatic carbocycles. The van der Waals surface area contributed by atoms with Crippen molar-refractivity contribution in [2.75, 3.05) is 18.1 Å². The molecular formula is C22H21N7O. The number of rotatable bonds is 5. The summed E-state index contributed by atoms with van der Waals surface area (Å²) < 4.78 is 1.86. The van der Waals surface area contributed by atoms with Crippen molar-refractivity contribution in [1.82, 2.24) is 25.1 Å². The zero-order valence-corrected chi connectivity index (χ0v) is 16.6. The third-order valence-corrected chi connectivity index (χ3v) is 5.18. The van der Waals surface area contributed by atoms with Crippen LogP contribution in [0.4, 0.5) is 5.69 Å². The molecule has 0 radical (unpaired) electrons. The summed E-state index contributed by atoms with van der Waals surface area (Å²) in [7, 11) is 0. The number of benzene rings is 1. The fourth-order valence-electron chi connectivity index (χ4n) is 3.70. The Bertz CT molecular complexity index is 1260. The molecule has 1 aliphatic rings. The van der Waals surface area contributed by atoms with Gasteiger partial charge in [0, 0.05) is 48.9 Å². The second-order valence-corrected chi connectivity index (χ2v) is 7.23. The van der Waals surface area contributed by atoms with Crippen molar-refractivity contribution < 1.29 is 4.79 Å². The van der Waals surface area contributed by atoms with Crippen LogP contribution < -0.4 is 10.3 Å². The zero-order valence-electron chi connectivity index (χ0n) is 16.6. The number of hydrogen-bond acceptors (Lipinski definition) is 6. The van der Waals surface area contributed by atoms with E-state index in [1.165, 1.54) is 0 Å². The molecular weight excluding hydrogens is 378 g/mol. The molecule has 0 bridgehead atoms. The van der Waals surface area contributed by atoms with Gasteiger partial charge in [-0.15, -0.1) is 0 Å². The SMILES string of the molecule is Cc1nc2cc(N3CCC=N3)ccc2c2cn(CCNC(=O)c3ccccn3)nc12. The number of aromatic nitrogens is 4. The smallest absolute Gasteiger partial charge is 0.269 e. The van der Waals surface area contributed by atoms with Gasteiger partial charge in [-0.1, -0.05) is 6.07 Å². The number of amides is 1. The van der Waals surface area contributed by atoms with Crippen LogP contribution in [0.15, 0.2) is 53.9 Å². The fourth-order valence-corrected chi connectivity index (χ4v) is 3.70. The van der Waals surface area contributed by atoms with Gasteiger partial charge in [0.2, 0.25) is 0 Å². The first-order chi connectivity index (χ1) is 14.7. The Kier molecular flexibility index (Phi) is 4.59. The molecule has 8 heteroatoms. The normalized spacial score (nSPS) is 13.4. The van der Waals surface area contributed by atoms with E-state index < -0.39 is 0 Å². The number of nitrogens with zero attached hydrogens (tertiary/aromatic N) is 6. The first-order valence-electron chi connectivity index (χ1n) is 9.96. The van der Waals surface area contributed by atoms with E-state index in [9.17, 15) is 4.79 Å². The molecule has 0 aliphatic carbocycles. The Hall–Kier alpha value is -3.81. The topological polar surface area (TPSA) is 88.3 Å². The molecule has 0 saturated heterocycles. The summed E-state index contributed by atoms with van der Waals surface area (Å²) in [5, 5.41) is 16.1. The molecule has 0 spiro atoms. The minimum Gasteiger partial charge on any atom is -0.349 e. The van der Waals surface area contributed by atoms with E-state index in [4.69, 9.17) is 4.98 Å². The maximum Gasteiger partial charge on any atom is 0.269 e. The van der Waals surface area contributed by atoms with E-state index in [-0.39, 0.29) is 5.91 Å². The van der Waals surface area contributed by atoms with Crippen LogP contribution in [-0.4, -0.2) is 45.0 Å². The lowest BCUT2D eigenvalue weighted by molar-refractivity contribution is 0.0947. The number of anilines is 1. The predicted octanol–water partition coefficient (Wildman–Crippen LogP) is 2.91. The fraction of sp³-hybridized carbons (Fsp3) is 0.227. The van der Waals surface area contributed by atoms with E-state index in [1.807, 2.05) is 29.0 Å². The van der Waals surface area contributed by atoms with Gasteiger partial charge in [-0.05, 0) is 37.3 Å². The highest BCUT2D eigenvalue weighted by Crippen LogP contribution is 2.29. The second-order valence-electron chi connectivity index (χ2n) is 7.23. The Balaban J connectivity index is 1.38. The van der Waals surface area contributed by atoms with Crippen molar-refractivity contribution >= 4 is 39.6 Å². The summed E-state index contributed by atoms with van der Waals surface area (Å²) >= 11 is 0. The first-order valence-corrected chi connectivity index (χ1v) is 9.96. The van der Waals surface area contributed by atoms with E-state index in [1.54, 1.807) is 24.4 Å². The van der Waals surface area contributed by atoms with Crippen LogP contribution >= 0.6 is 0 Å². The first kappa shape index (κ1) is 18.2. The van der Waals surface area contributed by atoms with Crippen LogP contribution in [0.5, 0.6) is 0 Å². The number of nitrogens with one attached hydrogen (secondary N) is 1. The van der Waals surface area contributed by atoms with Crippen LogP contribution in [0.2, 0.25) is 0 Å². The molecule has 0 atom stereocenters. The average Bonchev–Trinajstić information content (AvgIpc) is 3.45. The van der Waals surface area contributed by atoms with Crippen molar-refractivity contribution in [3.8, 4) is 0 Å². The minimum absolute atomic E-state index is 0.187. The largest absolute Gasteiger partial charge is 0.349 e. The van der Waals surface area contributed by atoms with Crippen molar-refractivity contribution in [1.29, 1.82) is 0 Å². The Morgan fingerprint density at radius 2 is 2.13 bits per heavy atom. The molecule has 1 N–H and O–H groups in total. The van der Waals surface area contributed by atoms with Gasteiger partial charge >= 0.3 is 0 Å². The molecule has 4 aromatic rings. The predicted molar refractivity (Wildman–Crippen MR) is 117 cm³/mol. The van der Waals surface area contributed by atoms with Gasteiger partial charge in [0.25, 0.3) is 5.91 Å². The highest BCUT2D eigenvalue weighted by molar-refractivity contribution is 6.05. The summed E-state index contributed by atoms with van der Waals surface area (Å²) in [5.41, 5.74) is 4.16. The summed E-state index contributed by atoms with van der Waals surface area (Å²) in [4.78, 5) is 21.0. The molecule has 1 amide bonds. The molecule has 3 aromatic heterocycles. The minimum atomic E-state index is -0.187. The lowest BCUT2D eigenvalue weighted by atomic mass is 10.1. The van der Waals surface area contributed by atoms with Crippen LogP contribution in [0.1, 0.15) is 22.6 Å². The third-order valence-electron chi connectivity index (χ3n) is 5.18. The lowest BCUT2D eigenvalue weighted by Crippen LogP contribution is -2.28. The van der Waals surface area contributed by atoms with Gasteiger partial charge in [0.05, 0.1) is 23.4 Å². The van der Waals surface area contributed by atoms with Gasteiger partial charge in [-0.3, -0.25) is 24.5 Å². The molecule has 0 fully saturated rings. The molecule has 0 saturated carbocycles. The molecule has 8 nitrogen and oxygen atoms in total. The number of hydrogen-bond donors (Lipinski definition) is 1. The molecule has 0 unspecified atom stereocenters. The van der Waals surface area contributed by atoms with E-state index in [2.05, 4.69) is 38.7 Å². The van der Waals surface area contributed by atoms with Crippen molar-refractivity contribution in [3.05, 3.63) is 60.2 Å². The quantitative estimate of drug-likeness (QED) is 0.557.